The summed E-state index contributed by atoms with van der Waals surface area (Å²) in [6, 6.07) is 0.0274. The lowest BCUT2D eigenvalue weighted by Crippen LogP contribution is -2.51. The molecule has 0 aromatic heterocycles. The Morgan fingerprint density at radius 2 is 1.76 bits per heavy atom. The van der Waals surface area contributed by atoms with Gasteiger partial charge in [0.15, 0.2) is 0 Å². The van der Waals surface area contributed by atoms with Gasteiger partial charge in [0.25, 0.3) is 0 Å². The topological polar surface area (TPSA) is 64.3 Å². The van der Waals surface area contributed by atoms with Crippen LogP contribution in [-0.2, 0) is 9.53 Å². The predicted octanol–water partition coefficient (Wildman–Crippen LogP) is 0.901. The molecule has 0 radical (unpaired) electrons. The third kappa shape index (κ3) is 1.61. The van der Waals surface area contributed by atoms with Crippen LogP contribution in [0.2, 0.25) is 0 Å². The van der Waals surface area contributed by atoms with Crippen LogP contribution in [0, 0.1) is 16.2 Å². The van der Waals surface area contributed by atoms with Crippen LogP contribution in [0.4, 0.5) is 0 Å². The van der Waals surface area contributed by atoms with Gasteiger partial charge in [-0.3, -0.25) is 4.79 Å². The van der Waals surface area contributed by atoms with E-state index in [4.69, 9.17) is 10.5 Å². The van der Waals surface area contributed by atoms with Crippen molar-refractivity contribution in [3.8, 4) is 0 Å². The fraction of sp³-hybridized carbons (Fsp3) is 0.923. The molecule has 0 aromatic rings. The van der Waals surface area contributed by atoms with Gasteiger partial charge in [-0.1, -0.05) is 27.7 Å². The first-order chi connectivity index (χ1) is 7.64. The highest BCUT2D eigenvalue weighted by atomic mass is 16.5. The maximum absolute atomic E-state index is 12.3. The predicted molar refractivity (Wildman–Crippen MR) is 66.4 cm³/mol. The molecule has 0 aromatic carbocycles. The summed E-state index contributed by atoms with van der Waals surface area (Å²) in [6.45, 7) is 11.5. The van der Waals surface area contributed by atoms with Crippen molar-refractivity contribution in [2.24, 2.45) is 22.0 Å². The minimum absolute atomic E-state index is 0.0335. The van der Waals surface area contributed by atoms with Crippen LogP contribution in [0.1, 0.15) is 34.6 Å². The SMILES string of the molecule is CC1(C(=O)NC2C(C)(C)C2(C)C)COCC1N. The maximum atomic E-state index is 12.3. The number of carbonyl (C=O) groups is 1. The van der Waals surface area contributed by atoms with E-state index in [0.717, 1.165) is 0 Å². The molecule has 98 valence electrons. The van der Waals surface area contributed by atoms with Gasteiger partial charge in [-0.15, -0.1) is 0 Å². The maximum Gasteiger partial charge on any atom is 0.230 e. The van der Waals surface area contributed by atoms with Crippen molar-refractivity contribution in [2.75, 3.05) is 13.2 Å². The molecule has 0 bridgehead atoms. The van der Waals surface area contributed by atoms with E-state index in [1.54, 1.807) is 0 Å². The molecule has 2 atom stereocenters. The fourth-order valence-corrected chi connectivity index (χ4v) is 2.78. The number of hydrogen-bond donors (Lipinski definition) is 2. The normalized spacial score (nSPS) is 39.1. The van der Waals surface area contributed by atoms with E-state index < -0.39 is 5.41 Å². The Morgan fingerprint density at radius 1 is 1.24 bits per heavy atom. The highest BCUT2D eigenvalue weighted by Crippen LogP contribution is 2.62. The molecule has 2 fully saturated rings. The van der Waals surface area contributed by atoms with Crippen molar-refractivity contribution < 1.29 is 9.53 Å². The number of nitrogens with two attached hydrogens (primary N) is 1. The molecule has 1 amide bonds. The average Bonchev–Trinajstić information content (AvgIpc) is 2.51. The molecule has 1 saturated carbocycles. The Kier molecular flexibility index (Phi) is 2.61. The number of carbonyl (C=O) groups excluding carboxylic acids is 1. The largest absolute Gasteiger partial charge is 0.379 e. The summed E-state index contributed by atoms with van der Waals surface area (Å²) in [5.74, 6) is 0.0335. The lowest BCUT2D eigenvalue weighted by atomic mass is 9.84. The first-order valence-electron chi connectivity index (χ1n) is 6.28. The van der Waals surface area contributed by atoms with E-state index in [9.17, 15) is 4.79 Å². The molecule has 1 aliphatic carbocycles. The summed E-state index contributed by atoms with van der Waals surface area (Å²) < 4.78 is 5.31. The first kappa shape index (κ1) is 12.8. The van der Waals surface area contributed by atoms with E-state index in [-0.39, 0.29) is 28.8 Å². The molecule has 1 aliphatic heterocycles. The Labute approximate surface area is 103 Å². The molecule has 4 heteroatoms. The second kappa shape index (κ2) is 3.45. The monoisotopic (exact) mass is 240 g/mol. The van der Waals surface area contributed by atoms with Gasteiger partial charge in [0.1, 0.15) is 0 Å². The summed E-state index contributed by atoms with van der Waals surface area (Å²) in [6.07, 6.45) is 0. The van der Waals surface area contributed by atoms with Crippen molar-refractivity contribution in [3.63, 3.8) is 0 Å². The zero-order valence-electron chi connectivity index (χ0n) is 11.5. The Hall–Kier alpha value is -0.610. The fourth-order valence-electron chi connectivity index (χ4n) is 2.78. The number of nitrogens with one attached hydrogen (secondary N) is 1. The molecule has 2 unspecified atom stereocenters. The van der Waals surface area contributed by atoms with Crippen molar-refractivity contribution in [2.45, 2.75) is 46.7 Å². The van der Waals surface area contributed by atoms with Crippen molar-refractivity contribution in [1.29, 1.82) is 0 Å². The molecule has 3 N–H and O–H groups in total. The van der Waals surface area contributed by atoms with Gasteiger partial charge in [-0.2, -0.15) is 0 Å². The van der Waals surface area contributed by atoms with Crippen LogP contribution in [0.5, 0.6) is 0 Å². The van der Waals surface area contributed by atoms with E-state index in [2.05, 4.69) is 33.0 Å². The van der Waals surface area contributed by atoms with Gasteiger partial charge in [-0.25, -0.2) is 0 Å². The molecule has 17 heavy (non-hydrogen) atoms. The second-order valence-electron chi connectivity index (χ2n) is 6.89. The molecular weight excluding hydrogens is 216 g/mol. The van der Waals surface area contributed by atoms with Crippen LogP contribution in [0.3, 0.4) is 0 Å². The number of hydrogen-bond acceptors (Lipinski definition) is 3. The highest BCUT2D eigenvalue weighted by molar-refractivity contribution is 5.84. The Balaban J connectivity index is 2.05. The summed E-state index contributed by atoms with van der Waals surface area (Å²) in [5, 5.41) is 3.15. The van der Waals surface area contributed by atoms with Crippen molar-refractivity contribution in [3.05, 3.63) is 0 Å². The minimum atomic E-state index is -0.575. The zero-order chi connectivity index (χ0) is 13.1. The van der Waals surface area contributed by atoms with E-state index in [0.29, 0.717) is 13.2 Å². The molecule has 4 nitrogen and oxygen atoms in total. The van der Waals surface area contributed by atoms with E-state index in [1.165, 1.54) is 0 Å². The molecule has 2 aliphatic rings. The van der Waals surface area contributed by atoms with Gasteiger partial charge in [0.2, 0.25) is 5.91 Å². The highest BCUT2D eigenvalue weighted by Gasteiger charge is 2.66. The second-order valence-corrected chi connectivity index (χ2v) is 6.89. The average molecular weight is 240 g/mol. The summed E-state index contributed by atoms with van der Waals surface area (Å²) in [4.78, 5) is 12.3. The van der Waals surface area contributed by atoms with Crippen LogP contribution in [0.15, 0.2) is 0 Å². The first-order valence-corrected chi connectivity index (χ1v) is 6.28. The quantitative estimate of drug-likeness (QED) is 0.754. The third-order valence-corrected chi connectivity index (χ3v) is 5.33. The molecule has 0 spiro atoms. The van der Waals surface area contributed by atoms with Crippen molar-refractivity contribution >= 4 is 5.91 Å². The lowest BCUT2D eigenvalue weighted by molar-refractivity contribution is -0.131. The third-order valence-electron chi connectivity index (χ3n) is 5.33. The van der Waals surface area contributed by atoms with Crippen LogP contribution >= 0.6 is 0 Å². The summed E-state index contributed by atoms with van der Waals surface area (Å²) in [7, 11) is 0. The zero-order valence-corrected chi connectivity index (χ0v) is 11.5. The minimum Gasteiger partial charge on any atom is -0.379 e. The summed E-state index contributed by atoms with van der Waals surface area (Å²) in [5.41, 5.74) is 5.70. The number of amides is 1. The molecular formula is C13H24N2O2. The van der Waals surface area contributed by atoms with Gasteiger partial charge >= 0.3 is 0 Å². The van der Waals surface area contributed by atoms with Crippen molar-refractivity contribution in [1.82, 2.24) is 5.32 Å². The van der Waals surface area contributed by atoms with E-state index in [1.807, 2.05) is 6.92 Å². The standard InChI is InChI=1S/C13H24N2O2/c1-11(2)9(12(11,3)4)15-10(16)13(5)7-17-6-8(13)14/h8-9H,6-7,14H2,1-5H3,(H,15,16). The van der Waals surface area contributed by atoms with Gasteiger partial charge in [-0.05, 0) is 17.8 Å². The van der Waals surface area contributed by atoms with E-state index >= 15 is 0 Å². The number of rotatable bonds is 2. The van der Waals surface area contributed by atoms with Crippen LogP contribution < -0.4 is 11.1 Å². The Morgan fingerprint density at radius 3 is 2.12 bits per heavy atom. The van der Waals surface area contributed by atoms with Gasteiger partial charge in [0.05, 0.1) is 18.6 Å². The smallest absolute Gasteiger partial charge is 0.230 e. The Bertz CT molecular complexity index is 337. The molecule has 2 rings (SSSR count). The lowest BCUT2D eigenvalue weighted by Gasteiger charge is -2.26. The summed E-state index contributed by atoms with van der Waals surface area (Å²) >= 11 is 0. The van der Waals surface area contributed by atoms with Gasteiger partial charge < -0.3 is 15.8 Å². The number of ether oxygens (including phenoxy) is 1. The van der Waals surface area contributed by atoms with Gasteiger partial charge in [0, 0.05) is 12.1 Å². The molecule has 1 heterocycles. The molecule has 1 saturated heterocycles. The van der Waals surface area contributed by atoms with Crippen LogP contribution in [-0.4, -0.2) is 31.2 Å². The van der Waals surface area contributed by atoms with Crippen LogP contribution in [0.25, 0.3) is 0 Å².